The molecule has 0 aromatic carbocycles. The number of carboxylic acids is 2. The van der Waals surface area contributed by atoms with Crippen molar-refractivity contribution in [3.63, 3.8) is 0 Å². The highest BCUT2D eigenvalue weighted by atomic mass is 16.6. The van der Waals surface area contributed by atoms with Crippen LogP contribution in [0.4, 0.5) is 0 Å². The van der Waals surface area contributed by atoms with Crippen LogP contribution in [-0.2, 0) is 81.0 Å². The first-order valence-electron chi connectivity index (χ1n) is 18.3. The summed E-state index contributed by atoms with van der Waals surface area (Å²) in [5, 5.41) is 17.4. The summed E-state index contributed by atoms with van der Waals surface area (Å²) in [5.74, 6) is -8.56. The normalized spacial score (nSPS) is 14.1. The van der Waals surface area contributed by atoms with E-state index < -0.39 is 71.1 Å². The Kier molecular flexibility index (Phi) is 31.0. The maximum Gasteiger partial charge on any atom is 0.335 e. The van der Waals surface area contributed by atoms with Crippen LogP contribution in [0.3, 0.4) is 0 Å². The van der Waals surface area contributed by atoms with Crippen molar-refractivity contribution < 1.29 is 91.3 Å². The highest BCUT2D eigenvalue weighted by Gasteiger charge is 2.36. The molecule has 0 heterocycles. The quantitative estimate of drug-likeness (QED) is 0.0417. The third-order valence-corrected chi connectivity index (χ3v) is 7.49. The second-order valence-corrected chi connectivity index (χ2v) is 12.2. The summed E-state index contributed by atoms with van der Waals surface area (Å²) < 4.78 is 38.9. The fourth-order valence-corrected chi connectivity index (χ4v) is 4.62. The summed E-state index contributed by atoms with van der Waals surface area (Å²) in [6.07, 6.45) is 3.18. The topological polar surface area (TPSA) is 268 Å². The van der Waals surface area contributed by atoms with Crippen LogP contribution in [0, 0.1) is 17.8 Å². The van der Waals surface area contributed by atoms with Crippen LogP contribution in [0.1, 0.15) is 66.2 Å². The highest BCUT2D eigenvalue weighted by molar-refractivity contribution is 6.15. The molecule has 1 fully saturated rings. The number of hydrogen-bond donors (Lipinski definition) is 2. The van der Waals surface area contributed by atoms with Crippen LogP contribution < -0.4 is 0 Å². The van der Waals surface area contributed by atoms with E-state index in [-0.39, 0.29) is 82.6 Å². The number of carboxylic acid groups (broad SMARTS) is 2. The van der Waals surface area contributed by atoms with Gasteiger partial charge >= 0.3 is 41.8 Å². The van der Waals surface area contributed by atoms with Gasteiger partial charge in [0.2, 0.25) is 0 Å². The van der Waals surface area contributed by atoms with Gasteiger partial charge in [0.15, 0.2) is 17.5 Å². The second-order valence-electron chi connectivity index (χ2n) is 12.2. The number of hydrogen-bond acceptors (Lipinski definition) is 17. The second kappa shape index (κ2) is 32.8. The van der Waals surface area contributed by atoms with E-state index in [1.165, 1.54) is 7.11 Å². The summed E-state index contributed by atoms with van der Waals surface area (Å²) in [5.41, 5.74) is 0.563. The smallest absolute Gasteiger partial charge is 0.335 e. The Balaban J connectivity index is 0. The number of methoxy groups -OCH3 is 1. The zero-order valence-electron chi connectivity index (χ0n) is 34.0. The van der Waals surface area contributed by atoms with Gasteiger partial charge in [-0.1, -0.05) is 32.6 Å². The number of Topliss-reactive ketones (excluding diaryl/α,β-unsaturated/α-hetero) is 2. The Labute approximate surface area is 337 Å². The average Bonchev–Trinajstić information content (AvgIpc) is 3.17. The lowest BCUT2D eigenvalue weighted by atomic mass is 9.79. The van der Waals surface area contributed by atoms with Gasteiger partial charge in [0.05, 0.1) is 81.9 Å². The molecule has 1 aliphatic carbocycles. The van der Waals surface area contributed by atoms with Crippen molar-refractivity contribution in [1.82, 2.24) is 0 Å². The Morgan fingerprint density at radius 2 is 1.03 bits per heavy atom. The van der Waals surface area contributed by atoms with Crippen LogP contribution in [0.5, 0.6) is 0 Å². The molecule has 0 amide bonds. The number of rotatable bonds is 26. The standard InChI is InChI=1S/C16H24O7.C14H20O7.C9H14O5/c1-3-22-15(19)11(2)10-21-8-9-23-16(20)13-7-5-4-6-12(13)14(17)18;1-5-20-13(17)9(2)8-19-6-7-21-14(18)12(10(3)15)11(4)16;1-7(9(12)13-2)6-14-5-3-4-8(10)11/h12-13H,2-10H2,1H3,(H,17,18);12H,2,5-8H2,1,3-4H3;1,3-6H2,2H3,(H,10,11). The summed E-state index contributed by atoms with van der Waals surface area (Å²) >= 11 is 0. The van der Waals surface area contributed by atoms with Gasteiger partial charge in [-0.3, -0.25) is 28.8 Å². The lowest BCUT2D eigenvalue weighted by Crippen LogP contribution is -2.34. The van der Waals surface area contributed by atoms with Gasteiger partial charge in [-0.05, 0) is 47.0 Å². The van der Waals surface area contributed by atoms with Crippen LogP contribution in [0.2, 0.25) is 0 Å². The van der Waals surface area contributed by atoms with Crippen LogP contribution in [0.15, 0.2) is 36.5 Å². The first kappa shape index (κ1) is 54.8. The molecule has 19 heteroatoms. The van der Waals surface area contributed by atoms with Gasteiger partial charge < -0.3 is 48.1 Å². The van der Waals surface area contributed by atoms with E-state index in [9.17, 15) is 43.2 Å². The van der Waals surface area contributed by atoms with Crippen molar-refractivity contribution in [1.29, 1.82) is 0 Å². The first-order valence-corrected chi connectivity index (χ1v) is 18.3. The highest BCUT2D eigenvalue weighted by Crippen LogP contribution is 2.31. The summed E-state index contributed by atoms with van der Waals surface area (Å²) in [6.45, 7) is 16.9. The minimum Gasteiger partial charge on any atom is -0.481 e. The Morgan fingerprint density at radius 3 is 1.45 bits per heavy atom. The monoisotopic (exact) mass is 830 g/mol. The molecule has 0 aromatic rings. The van der Waals surface area contributed by atoms with Crippen molar-refractivity contribution in [2.24, 2.45) is 17.8 Å². The van der Waals surface area contributed by atoms with E-state index in [1.807, 2.05) is 0 Å². The van der Waals surface area contributed by atoms with E-state index in [0.717, 1.165) is 26.7 Å². The van der Waals surface area contributed by atoms with Crippen molar-refractivity contribution in [2.75, 3.05) is 73.2 Å². The molecule has 1 aliphatic rings. The van der Waals surface area contributed by atoms with E-state index in [4.69, 9.17) is 43.4 Å². The van der Waals surface area contributed by atoms with Crippen molar-refractivity contribution in [2.45, 2.75) is 66.2 Å². The molecule has 0 aliphatic heterocycles. The number of ketones is 2. The number of aliphatic carboxylic acids is 2. The summed E-state index contributed by atoms with van der Waals surface area (Å²) in [6, 6.07) is 0. The fourth-order valence-electron chi connectivity index (χ4n) is 4.62. The van der Waals surface area contributed by atoms with Gasteiger partial charge in [0.1, 0.15) is 13.2 Å². The number of carbonyl (C=O) groups excluding carboxylic acids is 7. The maximum atomic E-state index is 12.0. The van der Waals surface area contributed by atoms with Crippen LogP contribution in [-0.4, -0.2) is 137 Å². The predicted octanol–water partition coefficient (Wildman–Crippen LogP) is 2.61. The molecule has 0 spiro atoms. The molecule has 2 N–H and O–H groups in total. The average molecular weight is 831 g/mol. The molecular weight excluding hydrogens is 772 g/mol. The zero-order chi connectivity index (χ0) is 44.6. The van der Waals surface area contributed by atoms with Gasteiger partial charge in [-0.25, -0.2) is 14.4 Å². The van der Waals surface area contributed by atoms with E-state index >= 15 is 0 Å². The van der Waals surface area contributed by atoms with Crippen LogP contribution in [0.25, 0.3) is 0 Å². The molecule has 2 unspecified atom stereocenters. The molecule has 0 bridgehead atoms. The number of esters is 5. The van der Waals surface area contributed by atoms with Crippen molar-refractivity contribution in [3.05, 3.63) is 36.5 Å². The molecular formula is C39H58O19. The third-order valence-electron chi connectivity index (χ3n) is 7.49. The molecule has 1 rings (SSSR count). The van der Waals surface area contributed by atoms with Crippen molar-refractivity contribution >= 4 is 53.4 Å². The largest absolute Gasteiger partial charge is 0.481 e. The minimum atomic E-state index is -1.39. The molecule has 19 nitrogen and oxygen atoms in total. The van der Waals surface area contributed by atoms with Gasteiger partial charge in [-0.2, -0.15) is 0 Å². The zero-order valence-corrected chi connectivity index (χ0v) is 34.0. The summed E-state index contributed by atoms with van der Waals surface area (Å²) in [4.78, 5) is 100. The van der Waals surface area contributed by atoms with E-state index in [0.29, 0.717) is 25.9 Å². The molecule has 0 saturated heterocycles. The van der Waals surface area contributed by atoms with Crippen molar-refractivity contribution in [3.8, 4) is 0 Å². The Hall–Kier alpha value is -5.27. The minimum absolute atomic E-state index is 0.00242. The third kappa shape index (κ3) is 25.8. The molecule has 1 saturated carbocycles. The Morgan fingerprint density at radius 1 is 0.603 bits per heavy atom. The number of ether oxygens (including phenoxy) is 8. The first-order chi connectivity index (χ1) is 27.3. The van der Waals surface area contributed by atoms with Gasteiger partial charge in [0, 0.05) is 13.0 Å². The SMILES string of the molecule is C=C(COCCCC(=O)O)C(=O)OC.C=C(COCCOC(=O)C(C(C)=O)C(C)=O)C(=O)OCC.C=C(COCCOC(=O)C1CCCCC1C(=O)O)C(=O)OCC. The Bertz CT molecular complexity index is 1400. The molecule has 58 heavy (non-hydrogen) atoms. The lowest BCUT2D eigenvalue weighted by Gasteiger charge is -2.26. The van der Waals surface area contributed by atoms with Crippen LogP contribution >= 0.6 is 0 Å². The van der Waals surface area contributed by atoms with Gasteiger partial charge in [-0.15, -0.1) is 0 Å². The predicted molar refractivity (Wildman–Crippen MR) is 202 cm³/mol. The molecule has 0 aromatic heterocycles. The maximum absolute atomic E-state index is 12.0. The van der Waals surface area contributed by atoms with E-state index in [2.05, 4.69) is 24.5 Å². The molecule has 0 radical (unpaired) electrons. The molecule has 328 valence electrons. The fraction of sp³-hybridized carbons (Fsp3) is 0.615. The van der Waals surface area contributed by atoms with E-state index in [1.54, 1.807) is 13.8 Å². The van der Waals surface area contributed by atoms with Gasteiger partial charge in [0.25, 0.3) is 0 Å². The molecule has 2 atom stereocenters. The summed E-state index contributed by atoms with van der Waals surface area (Å²) in [7, 11) is 1.26. The number of carbonyl (C=O) groups is 9. The lowest BCUT2D eigenvalue weighted by molar-refractivity contribution is -0.160.